The van der Waals surface area contributed by atoms with Crippen molar-refractivity contribution in [3.05, 3.63) is 90.3 Å². The molecule has 2 heterocycles. The van der Waals surface area contributed by atoms with Crippen molar-refractivity contribution < 1.29 is 13.2 Å². The second kappa shape index (κ2) is 11.1. The van der Waals surface area contributed by atoms with Gasteiger partial charge in [0.2, 0.25) is 16.0 Å². The highest BCUT2D eigenvalue weighted by molar-refractivity contribution is 7.89. The van der Waals surface area contributed by atoms with Gasteiger partial charge in [-0.2, -0.15) is 4.31 Å². The van der Waals surface area contributed by atoms with E-state index in [0.29, 0.717) is 32.1 Å². The average molecular weight is 481 g/mol. The van der Waals surface area contributed by atoms with Crippen molar-refractivity contribution in [2.24, 2.45) is 0 Å². The minimum Gasteiger partial charge on any atom is -0.338 e. The van der Waals surface area contributed by atoms with Gasteiger partial charge in [0.1, 0.15) is 0 Å². The quantitative estimate of drug-likeness (QED) is 0.511. The minimum absolute atomic E-state index is 0.0203. The van der Waals surface area contributed by atoms with Crippen molar-refractivity contribution >= 4 is 22.0 Å². The molecule has 3 aromatic rings. The average Bonchev–Trinajstić information content (AvgIpc) is 2.89. The van der Waals surface area contributed by atoms with E-state index >= 15 is 0 Å². The molecule has 1 fully saturated rings. The van der Waals surface area contributed by atoms with Crippen LogP contribution in [0.5, 0.6) is 0 Å². The largest absolute Gasteiger partial charge is 0.338 e. The topological polar surface area (TPSA) is 108 Å². The molecule has 2 amide bonds. The SMILES string of the molecule is O=C(NCCS(=O)(=O)N1CCN(c2ncccn2)CC1)NC(c1ccccc1)c1ccccc1. The number of carbonyl (C=O) groups excluding carboxylic acids is 1. The summed E-state index contributed by atoms with van der Waals surface area (Å²) in [4.78, 5) is 23.0. The van der Waals surface area contributed by atoms with Crippen LogP contribution in [0.4, 0.5) is 10.7 Å². The third-order valence-corrected chi connectivity index (χ3v) is 7.53. The number of hydrogen-bond acceptors (Lipinski definition) is 6. The summed E-state index contributed by atoms with van der Waals surface area (Å²) in [6, 6.07) is 20.3. The molecule has 178 valence electrons. The Morgan fingerprint density at radius 1 is 0.853 bits per heavy atom. The predicted molar refractivity (Wildman–Crippen MR) is 131 cm³/mol. The van der Waals surface area contributed by atoms with E-state index in [1.165, 1.54) is 4.31 Å². The fourth-order valence-electron chi connectivity index (χ4n) is 3.88. The number of nitrogens with zero attached hydrogens (tertiary/aromatic N) is 4. The van der Waals surface area contributed by atoms with E-state index in [2.05, 4.69) is 20.6 Å². The van der Waals surface area contributed by atoms with Gasteiger partial charge in [-0.05, 0) is 17.2 Å². The summed E-state index contributed by atoms with van der Waals surface area (Å²) in [6.07, 6.45) is 3.34. The monoisotopic (exact) mass is 480 g/mol. The van der Waals surface area contributed by atoms with Gasteiger partial charge in [0.05, 0.1) is 11.8 Å². The molecular weight excluding hydrogens is 452 g/mol. The molecule has 2 aromatic carbocycles. The molecular formula is C24H28N6O3S. The smallest absolute Gasteiger partial charge is 0.315 e. The summed E-state index contributed by atoms with van der Waals surface area (Å²) < 4.78 is 27.0. The van der Waals surface area contributed by atoms with Crippen molar-refractivity contribution in [1.29, 1.82) is 0 Å². The maximum Gasteiger partial charge on any atom is 0.315 e. The number of piperazine rings is 1. The lowest BCUT2D eigenvalue weighted by molar-refractivity contribution is 0.239. The highest BCUT2D eigenvalue weighted by Gasteiger charge is 2.27. The lowest BCUT2D eigenvalue weighted by Crippen LogP contribution is -2.50. The van der Waals surface area contributed by atoms with E-state index in [0.717, 1.165) is 11.1 Å². The Morgan fingerprint density at radius 3 is 1.97 bits per heavy atom. The van der Waals surface area contributed by atoms with Gasteiger partial charge in [-0.3, -0.25) is 0 Å². The first-order chi connectivity index (χ1) is 16.5. The maximum absolute atomic E-state index is 12.8. The third kappa shape index (κ3) is 6.09. The standard InChI is InChI=1S/C24H28N6O3S/c31-24(28-22(20-8-3-1-4-9-20)21-10-5-2-6-11-21)27-14-19-34(32,33)30-17-15-29(16-18-30)23-25-12-7-13-26-23/h1-13,22H,14-19H2,(H2,27,28,31). The van der Waals surface area contributed by atoms with Crippen molar-refractivity contribution in [3.63, 3.8) is 0 Å². The van der Waals surface area contributed by atoms with E-state index < -0.39 is 16.1 Å². The molecule has 9 nitrogen and oxygen atoms in total. The Balaban J connectivity index is 1.29. The number of anilines is 1. The zero-order valence-corrected chi connectivity index (χ0v) is 19.6. The fourth-order valence-corrected chi connectivity index (χ4v) is 5.21. The summed E-state index contributed by atoms with van der Waals surface area (Å²) >= 11 is 0. The molecule has 4 rings (SSSR count). The van der Waals surface area contributed by atoms with Crippen LogP contribution in [0.3, 0.4) is 0 Å². The molecule has 1 saturated heterocycles. The fraction of sp³-hybridized carbons (Fsp3) is 0.292. The van der Waals surface area contributed by atoms with Gasteiger partial charge < -0.3 is 15.5 Å². The van der Waals surface area contributed by atoms with Gasteiger partial charge in [-0.25, -0.2) is 23.2 Å². The molecule has 10 heteroatoms. The molecule has 34 heavy (non-hydrogen) atoms. The van der Waals surface area contributed by atoms with Crippen LogP contribution in [-0.2, 0) is 10.0 Å². The Kier molecular flexibility index (Phi) is 7.71. The first-order valence-electron chi connectivity index (χ1n) is 11.2. The number of aromatic nitrogens is 2. The molecule has 0 spiro atoms. The number of sulfonamides is 1. The summed E-state index contributed by atoms with van der Waals surface area (Å²) in [5.74, 6) is 0.438. The van der Waals surface area contributed by atoms with Crippen LogP contribution < -0.4 is 15.5 Å². The first-order valence-corrected chi connectivity index (χ1v) is 12.8. The van der Waals surface area contributed by atoms with Crippen molar-refractivity contribution in [2.45, 2.75) is 6.04 Å². The number of nitrogens with one attached hydrogen (secondary N) is 2. The van der Waals surface area contributed by atoms with Crippen LogP contribution in [0, 0.1) is 0 Å². The lowest BCUT2D eigenvalue weighted by atomic mass is 9.99. The van der Waals surface area contributed by atoms with Crippen molar-refractivity contribution in [1.82, 2.24) is 24.9 Å². The normalized spacial score (nSPS) is 14.7. The molecule has 0 radical (unpaired) electrons. The molecule has 0 saturated carbocycles. The second-order valence-electron chi connectivity index (χ2n) is 7.91. The molecule has 0 aliphatic carbocycles. The van der Waals surface area contributed by atoms with Gasteiger partial charge in [-0.15, -0.1) is 0 Å². The Morgan fingerprint density at radius 2 is 1.41 bits per heavy atom. The minimum atomic E-state index is -3.49. The van der Waals surface area contributed by atoms with E-state index in [-0.39, 0.29) is 18.3 Å². The zero-order chi connectivity index (χ0) is 23.8. The first kappa shape index (κ1) is 23.7. The number of benzene rings is 2. The van der Waals surface area contributed by atoms with Crippen LogP contribution in [0.15, 0.2) is 79.1 Å². The third-order valence-electron chi connectivity index (χ3n) is 5.65. The highest BCUT2D eigenvalue weighted by atomic mass is 32.2. The summed E-state index contributed by atoms with van der Waals surface area (Å²) in [5.41, 5.74) is 1.88. The molecule has 0 bridgehead atoms. The van der Waals surface area contributed by atoms with E-state index in [1.807, 2.05) is 65.6 Å². The number of rotatable bonds is 8. The number of urea groups is 1. The number of carbonyl (C=O) groups is 1. The summed E-state index contributed by atoms with van der Waals surface area (Å²) in [6.45, 7) is 1.78. The van der Waals surface area contributed by atoms with Gasteiger partial charge >= 0.3 is 6.03 Å². The predicted octanol–water partition coefficient (Wildman–Crippen LogP) is 2.02. The van der Waals surface area contributed by atoms with Crippen LogP contribution in [0.2, 0.25) is 0 Å². The Labute approximate surface area is 199 Å². The van der Waals surface area contributed by atoms with Gasteiger partial charge in [0.25, 0.3) is 0 Å². The van der Waals surface area contributed by atoms with E-state index in [1.54, 1.807) is 18.5 Å². The molecule has 1 aromatic heterocycles. The Bertz CT molecular complexity index is 1120. The summed E-state index contributed by atoms with van der Waals surface area (Å²) in [5, 5.41) is 5.66. The zero-order valence-electron chi connectivity index (χ0n) is 18.7. The van der Waals surface area contributed by atoms with E-state index in [4.69, 9.17) is 0 Å². The molecule has 0 atom stereocenters. The van der Waals surface area contributed by atoms with Gasteiger partial charge in [0, 0.05) is 45.1 Å². The highest BCUT2D eigenvalue weighted by Crippen LogP contribution is 2.21. The van der Waals surface area contributed by atoms with E-state index in [9.17, 15) is 13.2 Å². The van der Waals surface area contributed by atoms with Crippen molar-refractivity contribution in [2.75, 3.05) is 43.4 Å². The number of hydrogen-bond donors (Lipinski definition) is 2. The lowest BCUT2D eigenvalue weighted by Gasteiger charge is -2.33. The van der Waals surface area contributed by atoms with Crippen LogP contribution >= 0.6 is 0 Å². The molecule has 1 aliphatic heterocycles. The van der Waals surface area contributed by atoms with Gasteiger partial charge in [-0.1, -0.05) is 60.7 Å². The van der Waals surface area contributed by atoms with Crippen molar-refractivity contribution in [3.8, 4) is 0 Å². The number of amides is 2. The van der Waals surface area contributed by atoms with Crippen LogP contribution in [-0.4, -0.2) is 67.2 Å². The second-order valence-corrected chi connectivity index (χ2v) is 9.99. The van der Waals surface area contributed by atoms with Crippen LogP contribution in [0.25, 0.3) is 0 Å². The molecule has 0 unspecified atom stereocenters. The van der Waals surface area contributed by atoms with Crippen LogP contribution in [0.1, 0.15) is 17.2 Å². The molecule has 1 aliphatic rings. The van der Waals surface area contributed by atoms with Gasteiger partial charge in [0.15, 0.2) is 0 Å². The Hall–Kier alpha value is -3.50. The summed E-state index contributed by atoms with van der Waals surface area (Å²) in [7, 11) is -3.49. The molecule has 2 N–H and O–H groups in total. The maximum atomic E-state index is 12.8.